The van der Waals surface area contributed by atoms with Gasteiger partial charge in [0, 0.05) is 51.9 Å². The van der Waals surface area contributed by atoms with Crippen molar-refractivity contribution in [2.75, 3.05) is 52.4 Å². The Hall–Kier alpha value is -2.85. The molecule has 1 saturated heterocycles. The zero-order valence-electron chi connectivity index (χ0n) is 19.1. The molecule has 3 heterocycles. The molecule has 1 atom stereocenters. The minimum absolute atomic E-state index is 0.202. The van der Waals surface area contributed by atoms with Crippen LogP contribution in [0.15, 0.2) is 42.5 Å². The SMILES string of the molecule is Cc1nc2cc(OC[C@H](O)CN3CCN(CCN4C(=O)c5ccccc5C4=O)CC3)ccc2s1. The van der Waals surface area contributed by atoms with Crippen LogP contribution in [0.2, 0.25) is 0 Å². The number of hydrogen-bond acceptors (Lipinski definition) is 8. The summed E-state index contributed by atoms with van der Waals surface area (Å²) in [6.07, 6.45) is -0.585. The van der Waals surface area contributed by atoms with Gasteiger partial charge in [-0.2, -0.15) is 0 Å². The highest BCUT2D eigenvalue weighted by Crippen LogP contribution is 2.26. The number of aliphatic hydroxyl groups excluding tert-OH is 1. The zero-order chi connectivity index (χ0) is 23.7. The summed E-state index contributed by atoms with van der Waals surface area (Å²) in [5.41, 5.74) is 1.91. The van der Waals surface area contributed by atoms with Gasteiger partial charge in [-0.1, -0.05) is 12.1 Å². The van der Waals surface area contributed by atoms with E-state index < -0.39 is 6.10 Å². The van der Waals surface area contributed by atoms with Gasteiger partial charge in [0.15, 0.2) is 0 Å². The van der Waals surface area contributed by atoms with Gasteiger partial charge in [-0.05, 0) is 31.2 Å². The third-order valence-corrected chi connectivity index (χ3v) is 7.31. The first kappa shape index (κ1) is 22.9. The third-order valence-electron chi connectivity index (χ3n) is 6.36. The first-order valence-electron chi connectivity index (χ1n) is 11.6. The number of carbonyl (C=O) groups is 2. The topological polar surface area (TPSA) is 86.2 Å². The number of imide groups is 1. The lowest BCUT2D eigenvalue weighted by atomic mass is 10.1. The van der Waals surface area contributed by atoms with Gasteiger partial charge in [-0.25, -0.2) is 4.98 Å². The van der Waals surface area contributed by atoms with Crippen LogP contribution < -0.4 is 4.74 Å². The number of nitrogens with zero attached hydrogens (tertiary/aromatic N) is 4. The summed E-state index contributed by atoms with van der Waals surface area (Å²) >= 11 is 1.65. The van der Waals surface area contributed by atoms with Crippen LogP contribution >= 0.6 is 11.3 Å². The Morgan fingerprint density at radius 1 is 1.00 bits per heavy atom. The lowest BCUT2D eigenvalue weighted by Crippen LogP contribution is -2.51. The molecule has 0 unspecified atom stereocenters. The largest absolute Gasteiger partial charge is 0.491 e. The number of thiazole rings is 1. The maximum atomic E-state index is 12.5. The number of benzene rings is 2. The van der Waals surface area contributed by atoms with E-state index >= 15 is 0 Å². The van der Waals surface area contributed by atoms with Crippen molar-refractivity contribution in [1.29, 1.82) is 0 Å². The molecule has 1 aromatic heterocycles. The Balaban J connectivity index is 1.04. The predicted molar refractivity (Wildman–Crippen MR) is 131 cm³/mol. The minimum atomic E-state index is -0.585. The van der Waals surface area contributed by atoms with Crippen LogP contribution in [0.5, 0.6) is 5.75 Å². The lowest BCUT2D eigenvalue weighted by Gasteiger charge is -2.36. The van der Waals surface area contributed by atoms with Crippen molar-refractivity contribution < 1.29 is 19.4 Å². The zero-order valence-corrected chi connectivity index (χ0v) is 20.0. The van der Waals surface area contributed by atoms with E-state index in [0.29, 0.717) is 30.8 Å². The molecule has 8 nitrogen and oxygen atoms in total. The van der Waals surface area contributed by atoms with Gasteiger partial charge in [-0.15, -0.1) is 11.3 Å². The van der Waals surface area contributed by atoms with Gasteiger partial charge in [0.2, 0.25) is 0 Å². The molecule has 0 bridgehead atoms. The molecule has 178 valence electrons. The molecule has 2 aliphatic rings. The molecule has 34 heavy (non-hydrogen) atoms. The van der Waals surface area contributed by atoms with Crippen LogP contribution in [-0.2, 0) is 0 Å². The fraction of sp³-hybridized carbons (Fsp3) is 0.400. The molecular formula is C25H28N4O4S. The predicted octanol–water partition coefficient (Wildman–Crippen LogP) is 2.26. The third kappa shape index (κ3) is 4.83. The number of amides is 2. The molecule has 2 amide bonds. The number of hydrogen-bond donors (Lipinski definition) is 1. The molecule has 0 aliphatic carbocycles. The molecular weight excluding hydrogens is 452 g/mol. The molecule has 0 radical (unpaired) electrons. The first-order chi connectivity index (χ1) is 16.5. The average molecular weight is 481 g/mol. The number of aromatic nitrogens is 1. The summed E-state index contributed by atoms with van der Waals surface area (Å²) in [5.74, 6) is 0.313. The summed E-state index contributed by atoms with van der Waals surface area (Å²) in [4.78, 5) is 35.3. The monoisotopic (exact) mass is 480 g/mol. The van der Waals surface area contributed by atoms with Crippen molar-refractivity contribution >= 4 is 33.4 Å². The molecule has 1 fully saturated rings. The van der Waals surface area contributed by atoms with Crippen molar-refractivity contribution in [2.24, 2.45) is 0 Å². The van der Waals surface area contributed by atoms with Crippen molar-refractivity contribution in [1.82, 2.24) is 19.7 Å². The highest BCUT2D eigenvalue weighted by molar-refractivity contribution is 7.18. The summed E-state index contributed by atoms with van der Waals surface area (Å²) in [5, 5.41) is 11.5. The Bertz CT molecular complexity index is 1170. The standard InChI is InChI=1S/C25H28N4O4S/c1-17-26-22-14-19(6-7-23(22)34-17)33-16-18(30)15-28-10-8-27(9-11-28)12-13-29-24(31)20-4-2-3-5-21(20)25(29)32/h2-7,14,18,30H,8-13,15-16H2,1H3/t18-/m1/s1. The second-order valence-corrected chi connectivity index (χ2v) is 10.0. The number of rotatable bonds is 8. The molecule has 9 heteroatoms. The number of piperazine rings is 1. The lowest BCUT2D eigenvalue weighted by molar-refractivity contribution is 0.0425. The molecule has 5 rings (SSSR count). The number of fused-ring (bicyclic) bond motifs is 2. The molecule has 0 spiro atoms. The van der Waals surface area contributed by atoms with E-state index in [2.05, 4.69) is 14.8 Å². The van der Waals surface area contributed by atoms with Gasteiger partial charge in [0.05, 0.1) is 26.4 Å². The van der Waals surface area contributed by atoms with Crippen LogP contribution in [0.4, 0.5) is 0 Å². The van der Waals surface area contributed by atoms with Crippen LogP contribution in [-0.4, -0.2) is 95.1 Å². The van der Waals surface area contributed by atoms with Gasteiger partial charge in [-0.3, -0.25) is 24.3 Å². The number of β-amino-alcohol motifs (C(OH)–C–C–N with tert-alkyl or cyclic N) is 1. The minimum Gasteiger partial charge on any atom is -0.491 e. The summed E-state index contributed by atoms with van der Waals surface area (Å²) in [7, 11) is 0. The van der Waals surface area contributed by atoms with Gasteiger partial charge < -0.3 is 9.84 Å². The van der Waals surface area contributed by atoms with Crippen LogP contribution in [0, 0.1) is 6.92 Å². The van der Waals surface area contributed by atoms with Gasteiger partial charge in [0.25, 0.3) is 11.8 Å². The second kappa shape index (κ2) is 9.79. The van der Waals surface area contributed by atoms with Crippen molar-refractivity contribution in [3.63, 3.8) is 0 Å². The first-order valence-corrected chi connectivity index (χ1v) is 12.4. The van der Waals surface area contributed by atoms with Crippen molar-refractivity contribution in [3.8, 4) is 5.75 Å². The van der Waals surface area contributed by atoms with Crippen LogP contribution in [0.1, 0.15) is 25.7 Å². The van der Waals surface area contributed by atoms with E-state index in [-0.39, 0.29) is 18.4 Å². The summed E-state index contributed by atoms with van der Waals surface area (Å²) < 4.78 is 6.93. The number of ether oxygens (including phenoxy) is 1. The van der Waals surface area contributed by atoms with E-state index in [4.69, 9.17) is 4.74 Å². The van der Waals surface area contributed by atoms with E-state index in [1.807, 2.05) is 25.1 Å². The Labute approximate surface area is 202 Å². The maximum Gasteiger partial charge on any atom is 0.261 e. The number of carbonyl (C=O) groups excluding carboxylic acids is 2. The molecule has 3 aromatic rings. The van der Waals surface area contributed by atoms with Crippen LogP contribution in [0.25, 0.3) is 10.2 Å². The van der Waals surface area contributed by atoms with Crippen molar-refractivity contribution in [3.05, 3.63) is 58.6 Å². The highest BCUT2D eigenvalue weighted by Gasteiger charge is 2.35. The van der Waals surface area contributed by atoms with E-state index in [9.17, 15) is 14.7 Å². The van der Waals surface area contributed by atoms with Crippen LogP contribution in [0.3, 0.4) is 0 Å². The summed E-state index contributed by atoms with van der Waals surface area (Å²) in [6, 6.07) is 12.8. The smallest absolute Gasteiger partial charge is 0.261 e. The Morgan fingerprint density at radius 3 is 2.38 bits per heavy atom. The fourth-order valence-electron chi connectivity index (χ4n) is 4.53. The molecule has 1 N–H and O–H groups in total. The molecule has 2 aromatic carbocycles. The van der Waals surface area contributed by atoms with E-state index in [0.717, 1.165) is 47.2 Å². The normalized spacial score (nSPS) is 18.0. The number of aryl methyl sites for hydroxylation is 1. The van der Waals surface area contributed by atoms with E-state index in [1.54, 1.807) is 35.6 Å². The second-order valence-electron chi connectivity index (χ2n) is 8.78. The average Bonchev–Trinajstić information content (AvgIpc) is 3.33. The Morgan fingerprint density at radius 2 is 1.68 bits per heavy atom. The molecule has 2 aliphatic heterocycles. The van der Waals surface area contributed by atoms with E-state index in [1.165, 1.54) is 4.90 Å². The summed E-state index contributed by atoms with van der Waals surface area (Å²) in [6.45, 7) is 7.12. The maximum absolute atomic E-state index is 12.5. The van der Waals surface area contributed by atoms with Gasteiger partial charge >= 0.3 is 0 Å². The van der Waals surface area contributed by atoms with Gasteiger partial charge in [0.1, 0.15) is 18.5 Å². The fourth-order valence-corrected chi connectivity index (χ4v) is 5.34. The quantitative estimate of drug-likeness (QED) is 0.495. The highest BCUT2D eigenvalue weighted by atomic mass is 32.1. The molecule has 0 saturated carbocycles. The van der Waals surface area contributed by atoms with Crippen molar-refractivity contribution in [2.45, 2.75) is 13.0 Å². The number of aliphatic hydroxyl groups is 1. The Kier molecular flexibility index (Phi) is 6.60.